The first-order chi connectivity index (χ1) is 12.3. The Bertz CT molecular complexity index is 878. The standard InChI is InChI=1S/C15H13ClF3N5O2/c16-10-5-9(7-20-13(10)25)14(26)24-3-1-23(2-4-24)12-6-11(15(17,18)19)21-8-22-12/h5-8H,1-4H2,(H,20,25). The van der Waals surface area contributed by atoms with Gasteiger partial charge in [0, 0.05) is 38.4 Å². The molecule has 0 spiro atoms. The molecule has 1 fully saturated rings. The van der Waals surface area contributed by atoms with Crippen molar-refractivity contribution in [3.8, 4) is 0 Å². The minimum absolute atomic E-state index is 0.0878. The summed E-state index contributed by atoms with van der Waals surface area (Å²) in [6, 6.07) is 2.17. The zero-order valence-electron chi connectivity index (χ0n) is 13.3. The molecule has 1 N–H and O–H groups in total. The molecule has 0 aliphatic carbocycles. The lowest BCUT2D eigenvalue weighted by Gasteiger charge is -2.35. The van der Waals surface area contributed by atoms with Crippen LogP contribution in [0.3, 0.4) is 0 Å². The van der Waals surface area contributed by atoms with Crippen molar-refractivity contribution in [1.82, 2.24) is 19.9 Å². The maximum Gasteiger partial charge on any atom is 0.433 e. The number of anilines is 1. The molecule has 2 aromatic heterocycles. The average Bonchev–Trinajstić information content (AvgIpc) is 2.63. The summed E-state index contributed by atoms with van der Waals surface area (Å²) in [6.45, 7) is 1.22. The summed E-state index contributed by atoms with van der Waals surface area (Å²) in [5, 5.41) is -0.0878. The molecule has 1 aliphatic rings. The quantitative estimate of drug-likeness (QED) is 0.849. The van der Waals surface area contributed by atoms with E-state index in [1.54, 1.807) is 4.90 Å². The molecule has 11 heteroatoms. The van der Waals surface area contributed by atoms with Crippen LogP contribution in [0.1, 0.15) is 16.1 Å². The summed E-state index contributed by atoms with van der Waals surface area (Å²) >= 11 is 5.72. The molecule has 0 saturated carbocycles. The van der Waals surface area contributed by atoms with E-state index in [4.69, 9.17) is 11.6 Å². The van der Waals surface area contributed by atoms with Crippen LogP contribution in [0.25, 0.3) is 0 Å². The molecule has 1 amide bonds. The molecule has 0 radical (unpaired) electrons. The highest BCUT2D eigenvalue weighted by atomic mass is 35.5. The number of nitrogens with one attached hydrogen (secondary N) is 1. The van der Waals surface area contributed by atoms with E-state index in [2.05, 4.69) is 15.0 Å². The molecule has 1 aliphatic heterocycles. The van der Waals surface area contributed by atoms with E-state index in [1.165, 1.54) is 17.2 Å². The van der Waals surface area contributed by atoms with Gasteiger partial charge in [-0.1, -0.05) is 11.6 Å². The first-order valence-electron chi connectivity index (χ1n) is 7.57. The number of hydrogen-bond acceptors (Lipinski definition) is 5. The Kier molecular flexibility index (Phi) is 4.86. The second-order valence-corrected chi connectivity index (χ2v) is 6.01. The monoisotopic (exact) mass is 387 g/mol. The van der Waals surface area contributed by atoms with Gasteiger partial charge in [0.25, 0.3) is 11.5 Å². The second kappa shape index (κ2) is 6.94. The maximum atomic E-state index is 12.8. The van der Waals surface area contributed by atoms with Crippen molar-refractivity contribution in [2.75, 3.05) is 31.1 Å². The topological polar surface area (TPSA) is 82.2 Å². The fourth-order valence-electron chi connectivity index (χ4n) is 2.58. The van der Waals surface area contributed by atoms with E-state index in [-0.39, 0.29) is 22.3 Å². The van der Waals surface area contributed by atoms with E-state index in [0.29, 0.717) is 26.2 Å². The Hall–Kier alpha value is -2.62. The van der Waals surface area contributed by atoms with Gasteiger partial charge in [-0.25, -0.2) is 9.97 Å². The van der Waals surface area contributed by atoms with Gasteiger partial charge >= 0.3 is 6.18 Å². The normalized spacial score (nSPS) is 15.2. The first kappa shape index (κ1) is 18.2. The number of rotatable bonds is 2. The summed E-state index contributed by atoms with van der Waals surface area (Å²) in [4.78, 5) is 36.4. The maximum absolute atomic E-state index is 12.8. The number of piperazine rings is 1. The van der Waals surface area contributed by atoms with Gasteiger partial charge in [-0.3, -0.25) is 9.59 Å². The van der Waals surface area contributed by atoms with Gasteiger partial charge in [0.2, 0.25) is 0 Å². The van der Waals surface area contributed by atoms with Crippen molar-refractivity contribution < 1.29 is 18.0 Å². The van der Waals surface area contributed by atoms with E-state index < -0.39 is 17.4 Å². The molecular weight excluding hydrogens is 375 g/mol. The van der Waals surface area contributed by atoms with E-state index in [0.717, 1.165) is 12.4 Å². The zero-order valence-corrected chi connectivity index (χ0v) is 14.0. The van der Waals surface area contributed by atoms with Crippen LogP contribution in [0.2, 0.25) is 5.02 Å². The first-order valence-corrected chi connectivity index (χ1v) is 7.95. The number of nitrogens with zero attached hydrogens (tertiary/aromatic N) is 4. The minimum atomic E-state index is -4.54. The molecule has 26 heavy (non-hydrogen) atoms. The third kappa shape index (κ3) is 3.79. The zero-order chi connectivity index (χ0) is 18.9. The SMILES string of the molecule is O=C(c1c[nH]c(=O)c(Cl)c1)N1CCN(c2cc(C(F)(F)F)ncn2)CC1. The lowest BCUT2D eigenvalue weighted by Crippen LogP contribution is -2.49. The van der Waals surface area contributed by atoms with Crippen LogP contribution in [0.15, 0.2) is 29.5 Å². The molecular formula is C15H13ClF3N5O2. The fourth-order valence-corrected chi connectivity index (χ4v) is 2.75. The number of aromatic nitrogens is 3. The lowest BCUT2D eigenvalue weighted by molar-refractivity contribution is -0.141. The van der Waals surface area contributed by atoms with Gasteiger partial charge in [0.05, 0.1) is 5.56 Å². The summed E-state index contributed by atoms with van der Waals surface area (Å²) < 4.78 is 38.3. The van der Waals surface area contributed by atoms with Crippen LogP contribution in [0.5, 0.6) is 0 Å². The number of aromatic amines is 1. The number of alkyl halides is 3. The predicted molar refractivity (Wildman–Crippen MR) is 87.2 cm³/mol. The highest BCUT2D eigenvalue weighted by Crippen LogP contribution is 2.29. The molecule has 0 unspecified atom stereocenters. The van der Waals surface area contributed by atoms with E-state index >= 15 is 0 Å². The van der Waals surface area contributed by atoms with Gasteiger partial charge < -0.3 is 14.8 Å². The van der Waals surface area contributed by atoms with Crippen LogP contribution in [-0.2, 0) is 6.18 Å². The van der Waals surface area contributed by atoms with Crippen LogP contribution in [-0.4, -0.2) is 51.9 Å². The summed E-state index contributed by atoms with van der Waals surface area (Å²) in [7, 11) is 0. The lowest BCUT2D eigenvalue weighted by atomic mass is 10.2. The van der Waals surface area contributed by atoms with Crippen LogP contribution in [0, 0.1) is 0 Å². The molecule has 1 saturated heterocycles. The van der Waals surface area contributed by atoms with Gasteiger partial charge in [-0.05, 0) is 6.07 Å². The van der Waals surface area contributed by atoms with Gasteiger partial charge in [-0.2, -0.15) is 13.2 Å². The third-order valence-electron chi connectivity index (χ3n) is 3.94. The molecule has 0 atom stereocenters. The number of H-pyrrole nitrogens is 1. The number of carbonyl (C=O) groups is 1. The molecule has 0 aromatic carbocycles. The Morgan fingerprint density at radius 3 is 2.46 bits per heavy atom. The number of hydrogen-bond donors (Lipinski definition) is 1. The highest BCUT2D eigenvalue weighted by Gasteiger charge is 2.33. The summed E-state index contributed by atoms with van der Waals surface area (Å²) in [5.41, 5.74) is -1.26. The van der Waals surface area contributed by atoms with Crippen molar-refractivity contribution in [2.45, 2.75) is 6.18 Å². The smallest absolute Gasteiger partial charge is 0.353 e. The van der Waals surface area contributed by atoms with Crippen molar-refractivity contribution in [3.63, 3.8) is 0 Å². The molecule has 0 bridgehead atoms. The molecule has 3 heterocycles. The van der Waals surface area contributed by atoms with Crippen LogP contribution >= 0.6 is 11.6 Å². The Labute approximate surface area is 150 Å². The van der Waals surface area contributed by atoms with Gasteiger partial charge in [0.1, 0.15) is 22.9 Å². The number of amides is 1. The minimum Gasteiger partial charge on any atom is -0.353 e. The van der Waals surface area contributed by atoms with Crippen molar-refractivity contribution in [3.05, 3.63) is 51.3 Å². The van der Waals surface area contributed by atoms with E-state index in [1.807, 2.05) is 0 Å². The van der Waals surface area contributed by atoms with Crippen molar-refractivity contribution >= 4 is 23.3 Å². The molecule has 138 valence electrons. The Morgan fingerprint density at radius 1 is 1.15 bits per heavy atom. The Balaban J connectivity index is 1.68. The van der Waals surface area contributed by atoms with Gasteiger partial charge in [0.15, 0.2) is 0 Å². The largest absolute Gasteiger partial charge is 0.433 e. The Morgan fingerprint density at radius 2 is 1.85 bits per heavy atom. The summed E-state index contributed by atoms with van der Waals surface area (Å²) in [5.74, 6) is -0.159. The van der Waals surface area contributed by atoms with Crippen molar-refractivity contribution in [1.29, 1.82) is 0 Å². The van der Waals surface area contributed by atoms with Crippen LogP contribution in [0.4, 0.5) is 19.0 Å². The predicted octanol–water partition coefficient (Wildman–Crippen LogP) is 1.80. The number of carbonyl (C=O) groups excluding carboxylic acids is 1. The van der Waals surface area contributed by atoms with Crippen molar-refractivity contribution in [2.24, 2.45) is 0 Å². The number of halogens is 4. The third-order valence-corrected chi connectivity index (χ3v) is 4.22. The second-order valence-electron chi connectivity index (χ2n) is 5.60. The molecule has 7 nitrogen and oxygen atoms in total. The highest BCUT2D eigenvalue weighted by molar-refractivity contribution is 6.30. The number of pyridine rings is 1. The van der Waals surface area contributed by atoms with Crippen LogP contribution < -0.4 is 10.5 Å². The molecule has 2 aromatic rings. The average molecular weight is 388 g/mol. The molecule has 3 rings (SSSR count). The van der Waals surface area contributed by atoms with E-state index in [9.17, 15) is 22.8 Å². The van der Waals surface area contributed by atoms with Gasteiger partial charge in [-0.15, -0.1) is 0 Å². The summed E-state index contributed by atoms with van der Waals surface area (Å²) in [6.07, 6.45) is -2.39. The fraction of sp³-hybridized carbons (Fsp3) is 0.333.